The number of thiophene rings is 2. The zero-order valence-corrected chi connectivity index (χ0v) is 111. The summed E-state index contributed by atoms with van der Waals surface area (Å²) >= 11 is 3.68. The van der Waals surface area contributed by atoms with E-state index in [1.165, 1.54) is 200 Å². The molecule has 1 N–H and O–H groups in total. The highest BCUT2D eigenvalue weighted by atomic mass is 32.2. The number of alkyl halides is 1. The van der Waals surface area contributed by atoms with E-state index in [9.17, 15) is 22.4 Å². The molecule has 878 valence electrons. The number of halogens is 1. The average molecular weight is 2130 g/mol. The number of aliphatic hydroxyl groups is 1. The lowest BCUT2D eigenvalue weighted by Gasteiger charge is -2.28. The van der Waals surface area contributed by atoms with Gasteiger partial charge in [0.2, 0.25) is 11.8 Å². The van der Waals surface area contributed by atoms with Crippen molar-refractivity contribution in [2.45, 2.75) is 516 Å². The summed E-state index contributed by atoms with van der Waals surface area (Å²) in [5.41, 5.74) is 2.82. The first kappa shape index (κ1) is 164. The van der Waals surface area contributed by atoms with Crippen molar-refractivity contribution in [1.82, 2.24) is 14.8 Å². The van der Waals surface area contributed by atoms with Crippen molar-refractivity contribution in [3.63, 3.8) is 0 Å². The first-order chi connectivity index (χ1) is 68.3. The van der Waals surface area contributed by atoms with Crippen LogP contribution in [0.15, 0.2) is 89.9 Å². The number of pyridine rings is 1. The fourth-order valence-corrected chi connectivity index (χ4v) is 17.1. The molecule has 0 bridgehead atoms. The van der Waals surface area contributed by atoms with Crippen LogP contribution in [0.2, 0.25) is 0 Å². The van der Waals surface area contributed by atoms with Crippen molar-refractivity contribution in [2.75, 3.05) is 67.7 Å². The largest absolute Gasteiger partial charge is 0.396 e. The molecule has 1 unspecified atom stereocenters. The Hall–Kier alpha value is -3.49. The van der Waals surface area contributed by atoms with Crippen molar-refractivity contribution in [2.24, 2.45) is 154 Å². The van der Waals surface area contributed by atoms with E-state index in [0.717, 1.165) is 150 Å². The van der Waals surface area contributed by atoms with Gasteiger partial charge in [-0.25, -0.2) is 8.42 Å². The van der Waals surface area contributed by atoms with Crippen LogP contribution in [0.4, 0.5) is 4.39 Å². The summed E-state index contributed by atoms with van der Waals surface area (Å²) in [6, 6.07) is 23.3. The number of ether oxygens (including phenoxy) is 1. The Kier molecular flexibility index (Phi) is 122. The summed E-state index contributed by atoms with van der Waals surface area (Å²) in [4.78, 5) is 32.1. The van der Waals surface area contributed by atoms with Crippen molar-refractivity contribution >= 4 is 44.3 Å². The molecule has 0 aliphatic heterocycles. The van der Waals surface area contributed by atoms with Gasteiger partial charge in [0.25, 0.3) is 0 Å². The third-order valence-corrected chi connectivity index (χ3v) is 29.5. The molecule has 1 aromatic carbocycles. The van der Waals surface area contributed by atoms with Crippen LogP contribution in [0.5, 0.6) is 0 Å². The minimum Gasteiger partial charge on any atom is -0.396 e. The second-order valence-corrected chi connectivity index (χ2v) is 55.8. The Morgan fingerprint density at radius 3 is 0.918 bits per heavy atom. The minimum atomic E-state index is -2.72. The molecule has 6 aliphatic carbocycles. The highest BCUT2D eigenvalue weighted by Gasteiger charge is 2.25. The highest BCUT2D eigenvalue weighted by molar-refractivity contribution is 7.90. The molecular formula is C134H266FN3O6S3. The van der Waals surface area contributed by atoms with Crippen LogP contribution in [0.1, 0.15) is 518 Å². The van der Waals surface area contributed by atoms with Crippen LogP contribution in [-0.4, -0.2) is 108 Å². The molecule has 4 aromatic rings. The molecule has 0 spiro atoms. The molecule has 2 amide bonds. The normalized spacial score (nSPS) is 14.3. The number of rotatable bonds is 30. The molecule has 3 aromatic heterocycles. The van der Waals surface area contributed by atoms with Crippen molar-refractivity contribution in [3.8, 4) is 0 Å². The Labute approximate surface area is 933 Å². The maximum absolute atomic E-state index is 11.0. The Balaban J connectivity index is -0.000000169. The predicted octanol–water partition coefficient (Wildman–Crippen LogP) is 42.5. The fourth-order valence-electron chi connectivity index (χ4n) is 14.6. The van der Waals surface area contributed by atoms with E-state index >= 15 is 0 Å². The van der Waals surface area contributed by atoms with Crippen LogP contribution < -0.4 is 0 Å². The quantitative estimate of drug-likeness (QED) is 0.0553. The third kappa shape index (κ3) is 137. The van der Waals surface area contributed by atoms with E-state index in [1.54, 1.807) is 45.1 Å². The molecular weight excluding hydrogens is 1860 g/mol. The van der Waals surface area contributed by atoms with Gasteiger partial charge in [0.15, 0.2) is 0 Å². The number of carbonyl (C=O) groups is 2. The lowest BCUT2D eigenvalue weighted by Crippen LogP contribution is -2.22. The van der Waals surface area contributed by atoms with Crippen molar-refractivity contribution in [3.05, 3.63) is 111 Å². The number of amides is 2. The monoisotopic (exact) mass is 2130 g/mol. The van der Waals surface area contributed by atoms with Gasteiger partial charge in [-0.15, -0.1) is 22.7 Å². The first-order valence-corrected chi connectivity index (χ1v) is 64.2. The molecule has 1 atom stereocenters. The van der Waals surface area contributed by atoms with E-state index in [1.807, 2.05) is 76.6 Å². The van der Waals surface area contributed by atoms with Gasteiger partial charge in [-0.1, -0.05) is 482 Å². The molecule has 147 heavy (non-hydrogen) atoms. The second-order valence-electron chi connectivity index (χ2n) is 51.5. The molecule has 0 saturated heterocycles. The van der Waals surface area contributed by atoms with E-state index in [-0.39, 0.29) is 11.8 Å². The zero-order chi connectivity index (χ0) is 116. The van der Waals surface area contributed by atoms with Crippen LogP contribution in [0.3, 0.4) is 0 Å². The van der Waals surface area contributed by atoms with Crippen LogP contribution in [0, 0.1) is 154 Å². The average Bonchev–Trinajstić information content (AvgIpc) is 1.85. The van der Waals surface area contributed by atoms with Gasteiger partial charge >= 0.3 is 0 Å². The molecule has 6 aliphatic rings. The van der Waals surface area contributed by atoms with Crippen LogP contribution >= 0.6 is 22.7 Å². The standard InChI is InChI=1S/C10H14.C9H13N.2C9H18.C8H17NO.C8H12S.2C8H16.C7H15NO.C7H10S.C7H14.C7H16.C6H14O2S.C6H12.C6H14.C5H12O.C5H12.C4H10O.C4H10.CH3F/c1-9(2)8-10-6-4-3-5-7-10;1-8(2)7-9-3-5-10-6-4-9;1-8(2)7-9-5-3-4-6-9;1-8(2)9-6-4-3-5-7-9;1-7(2)5-6-8(10)9(3)4;1-7(2)6-8-4-3-5-9-8;1-7(2)6-8-4-3-5-8;1-7(2)8-5-3-4-6-8;1-6(2)5-7(9)8(3)4;1-6(2)7-4-3-5-8-7;1-6(2)7-4-3-5-7;1-5-7(4)6(2)3;1-6(2)4-5-9(3,7)8;1-5(2)6-3-4-6;1-5(2)6(3)4;1-5(2)4-6-3;1-4-5(2)3;1-4(2)3-5;1-4(2)3;1-2/h3-7,9H,8H2,1-2H3;3-6,8H,7H2,1-2H3;2*8-9H,3-7H2,1-2H3;7H,5-6H2,1-4H3;3-5,7H,6H2,1-2H3;2*7-8H,3-6H2,1-2H3;6H,5H2,1-4H3;3-6H,1-2H3;6-7H,3-5H2,1-2H3;6-7H,5H2,1-4H3;6H,4-5H2,1-3H3;5-6H,3-4H2,1-2H3;5-6H,1-4H3;5H,4H2,1-3H3;5H,4H2,1-3H3;4-5H,3H2,1-2H3;4H,1-3H3;1H3. The summed E-state index contributed by atoms with van der Waals surface area (Å²) in [7, 11) is 6.66. The van der Waals surface area contributed by atoms with Crippen molar-refractivity contribution < 1.29 is 32.2 Å². The number of hydrogen-bond donors (Lipinski definition) is 1. The maximum Gasteiger partial charge on any atom is 0.222 e. The number of aliphatic hydroxyl groups excluding tert-OH is 1. The molecule has 13 heteroatoms. The second kappa shape index (κ2) is 109. The van der Waals surface area contributed by atoms with Gasteiger partial charge in [0, 0.05) is 89.8 Å². The van der Waals surface area contributed by atoms with Gasteiger partial charge in [-0.05, 0) is 264 Å². The van der Waals surface area contributed by atoms with Gasteiger partial charge < -0.3 is 19.6 Å². The van der Waals surface area contributed by atoms with Crippen LogP contribution in [-0.2, 0) is 43.4 Å². The smallest absolute Gasteiger partial charge is 0.222 e. The number of sulfone groups is 1. The summed E-state index contributed by atoms with van der Waals surface area (Å²) in [5, 5.41) is 12.4. The first-order valence-electron chi connectivity index (χ1n) is 60.4. The molecule has 3 heterocycles. The van der Waals surface area contributed by atoms with E-state index in [0.29, 0.717) is 67.9 Å². The number of aromatic nitrogens is 1. The summed E-state index contributed by atoms with van der Waals surface area (Å²) in [6.45, 7) is 98.8. The summed E-state index contributed by atoms with van der Waals surface area (Å²) in [6.07, 6.45) is 48.7. The summed E-state index contributed by atoms with van der Waals surface area (Å²) < 4.78 is 35.4. The van der Waals surface area contributed by atoms with Gasteiger partial charge in [0.1, 0.15) is 9.84 Å². The minimum absolute atomic E-state index is 0.213. The molecule has 0 radical (unpaired) electrons. The molecule has 6 fully saturated rings. The number of methoxy groups -OCH3 is 1. The highest BCUT2D eigenvalue weighted by Crippen LogP contribution is 2.37. The van der Waals surface area contributed by atoms with Crippen molar-refractivity contribution in [1.29, 1.82) is 0 Å². The molecule has 9 nitrogen and oxygen atoms in total. The number of carbonyl (C=O) groups excluding carboxylic acids is 2. The Morgan fingerprint density at radius 1 is 0.388 bits per heavy atom. The Bertz CT molecular complexity index is 3210. The lowest BCUT2D eigenvalue weighted by molar-refractivity contribution is -0.130. The fraction of sp³-hybridized carbons (Fsp3) is 0.843. The topological polar surface area (TPSA) is 117 Å². The number of benzene rings is 1. The zero-order valence-electron chi connectivity index (χ0n) is 108. The Morgan fingerprint density at radius 2 is 0.728 bits per heavy atom. The van der Waals surface area contributed by atoms with Crippen LogP contribution in [0.25, 0.3) is 0 Å². The summed E-state index contributed by atoms with van der Waals surface area (Å²) in [5.74, 6) is 23.8. The predicted molar refractivity (Wildman–Crippen MR) is 671 cm³/mol. The lowest BCUT2D eigenvalue weighted by atomic mass is 9.78. The SMILES string of the molecule is CC(C)C.CC(C)C(C)C.CC(C)C1CC1.CC(C)C1CCC1.CC(C)C1CCCC1.CC(C)C1CCCCC1.CC(C)CC(=O)N(C)C.CC(C)CC1CCC1.CC(C)CC1CCCC1.CC(C)CCC(=O)N(C)C.CC(C)CCS(C)(=O)=O.CC(C)CO.CC(C)Cc1ccccc1.CC(C)Cc1cccs1.CC(C)Cc1ccncc1.CC(C)c1cccs1.CCC(C)C.CCC(C)C(C)C.CF.COCC(C)C. The molecule has 10 rings (SSSR count). The van der Waals surface area contributed by atoms with Gasteiger partial charge in [-0.2, -0.15) is 0 Å². The van der Waals surface area contributed by atoms with E-state index in [4.69, 9.17) is 9.84 Å². The van der Waals surface area contributed by atoms with Gasteiger partial charge in [-0.3, -0.25) is 19.0 Å². The number of nitrogens with zero attached hydrogens (tertiary/aromatic N) is 3. The molecule has 6 saturated carbocycles. The van der Waals surface area contributed by atoms with Gasteiger partial charge in [0.05, 0.1) is 12.9 Å². The van der Waals surface area contributed by atoms with E-state index in [2.05, 4.69) is 346 Å². The van der Waals surface area contributed by atoms with E-state index < -0.39 is 9.84 Å². The third-order valence-electron chi connectivity index (χ3n) is 26.5. The maximum atomic E-state index is 11.0. The number of hydrogen-bond acceptors (Lipinski definition) is 9.